The molecule has 2 N–H and O–H groups in total. The van der Waals surface area contributed by atoms with Gasteiger partial charge in [0, 0.05) is 68.2 Å². The first-order chi connectivity index (χ1) is 26.7. The van der Waals surface area contributed by atoms with Crippen molar-refractivity contribution in [3.8, 4) is 23.2 Å². The second-order valence-electron chi connectivity index (χ2n) is 14.1. The number of nitrogens with two attached hydrogens (primary N) is 1. The number of carbonyl (C=O) groups excluding carboxylic acids is 1. The molecule has 3 saturated heterocycles. The van der Waals surface area contributed by atoms with E-state index < -0.39 is 47.0 Å². The van der Waals surface area contributed by atoms with Crippen LogP contribution in [0.4, 0.5) is 32.9 Å². The molecule has 3 aromatic heterocycles. The van der Waals surface area contributed by atoms with Gasteiger partial charge in [0.05, 0.1) is 39.3 Å². The summed E-state index contributed by atoms with van der Waals surface area (Å²) in [6.07, 6.45) is 2.93. The minimum Gasteiger partial charge on any atom is -0.461 e. The van der Waals surface area contributed by atoms with E-state index in [1.54, 1.807) is 4.90 Å². The summed E-state index contributed by atoms with van der Waals surface area (Å²) in [5, 5.41) is 13.2. The summed E-state index contributed by atoms with van der Waals surface area (Å²) >= 11 is 7.73. The second-order valence-corrected chi connectivity index (χ2v) is 15.6. The molecule has 6 heterocycles. The lowest BCUT2D eigenvalue weighted by Gasteiger charge is -2.41. The molecule has 1 unspecified atom stereocenters. The van der Waals surface area contributed by atoms with Crippen molar-refractivity contribution in [1.82, 2.24) is 34.9 Å². The number of rotatable bonds is 9. The molecular formula is C36H32ClF5N10O3S. The van der Waals surface area contributed by atoms with Crippen molar-refractivity contribution < 1.29 is 36.0 Å². The number of thiazole rings is 1. The average molecular weight is 815 g/mol. The summed E-state index contributed by atoms with van der Waals surface area (Å²) in [4.78, 5) is 35.7. The number of nitrogen functional groups attached to an aromatic ring is 1. The van der Waals surface area contributed by atoms with Gasteiger partial charge >= 0.3 is 11.9 Å². The molecule has 0 saturated carbocycles. The van der Waals surface area contributed by atoms with Crippen LogP contribution in [0, 0.1) is 23.0 Å². The average Bonchev–Trinajstić information content (AvgIpc) is 3.94. The second kappa shape index (κ2) is 14.4. The van der Waals surface area contributed by atoms with Crippen LogP contribution in [0.15, 0.2) is 28.8 Å². The van der Waals surface area contributed by atoms with Crippen LogP contribution in [0.25, 0.3) is 38.3 Å². The van der Waals surface area contributed by atoms with Crippen LogP contribution in [-0.4, -0.2) is 97.9 Å². The molecule has 1 amide bonds. The number of hydrogen-bond acceptors (Lipinski definition) is 13. The number of ether oxygens (including phenoxy) is 1. The highest BCUT2D eigenvalue weighted by atomic mass is 35.5. The maximum absolute atomic E-state index is 17.0. The van der Waals surface area contributed by atoms with Crippen LogP contribution in [0.3, 0.4) is 0 Å². The molecule has 5 aromatic rings. The van der Waals surface area contributed by atoms with E-state index in [0.29, 0.717) is 19.9 Å². The van der Waals surface area contributed by atoms with Gasteiger partial charge < -0.3 is 24.8 Å². The first-order valence-corrected chi connectivity index (χ1v) is 18.8. The molecule has 3 aliphatic heterocycles. The summed E-state index contributed by atoms with van der Waals surface area (Å²) in [5.74, 6) is -6.25. The Bertz CT molecular complexity index is 2440. The van der Waals surface area contributed by atoms with Crippen molar-refractivity contribution in [2.24, 2.45) is 0 Å². The standard InChI is InChI=1S/C36H32ClF5N10O3S/c1-35(41,42)32-45-24(55-49-32)5-6-25(53)52-12-11-50(16-19(52)7-9-43)31-21-13-22(37)26(20-3-4-23(39)30-29(20)46-33(44)56-30)27(40)28(21)47-34(48-31)54-17-36-8-2-10-51(36)15-18(38)14-36/h3-6,13,18-19H,2,7-8,10-12,14-17H2,1H3,(H2,44,46)/b6-5+/t18-,19?,36+/m1/s1. The molecule has 8 rings (SSSR count). The molecule has 3 aliphatic rings. The number of piperazine rings is 1. The molecular weight excluding hydrogens is 783 g/mol. The maximum atomic E-state index is 17.0. The molecule has 56 heavy (non-hydrogen) atoms. The number of alkyl halides is 3. The Labute approximate surface area is 324 Å². The van der Waals surface area contributed by atoms with Crippen molar-refractivity contribution in [2.45, 2.75) is 56.3 Å². The van der Waals surface area contributed by atoms with Crippen LogP contribution >= 0.6 is 22.9 Å². The van der Waals surface area contributed by atoms with Crippen LogP contribution in [0.2, 0.25) is 5.02 Å². The van der Waals surface area contributed by atoms with Crippen molar-refractivity contribution in [3.05, 3.63) is 52.6 Å². The van der Waals surface area contributed by atoms with E-state index in [4.69, 9.17) is 31.6 Å². The lowest BCUT2D eigenvalue weighted by Crippen LogP contribution is -2.55. The van der Waals surface area contributed by atoms with E-state index in [1.807, 2.05) is 0 Å². The minimum absolute atomic E-state index is 0.0500. The molecule has 20 heteroatoms. The number of carbonyl (C=O) groups is 1. The Kier molecular flexibility index (Phi) is 9.69. The number of nitriles is 1. The number of hydrogen-bond donors (Lipinski definition) is 1. The third-order valence-electron chi connectivity index (χ3n) is 10.4. The quantitative estimate of drug-likeness (QED) is 0.127. The first kappa shape index (κ1) is 37.7. The zero-order chi connectivity index (χ0) is 39.5. The molecule has 3 fully saturated rings. The molecule has 0 spiro atoms. The summed E-state index contributed by atoms with van der Waals surface area (Å²) < 4.78 is 84.7. The van der Waals surface area contributed by atoms with Gasteiger partial charge in [-0.1, -0.05) is 28.1 Å². The van der Waals surface area contributed by atoms with Gasteiger partial charge in [-0.3, -0.25) is 9.69 Å². The van der Waals surface area contributed by atoms with Crippen molar-refractivity contribution in [2.75, 3.05) is 50.0 Å². The third kappa shape index (κ3) is 6.83. The Balaban J connectivity index is 1.16. The molecule has 0 bridgehead atoms. The summed E-state index contributed by atoms with van der Waals surface area (Å²) in [6.45, 7) is 1.97. The van der Waals surface area contributed by atoms with Gasteiger partial charge in [0.25, 0.3) is 5.89 Å². The van der Waals surface area contributed by atoms with Crippen LogP contribution in [0.1, 0.15) is 44.3 Å². The van der Waals surface area contributed by atoms with Gasteiger partial charge in [-0.15, -0.1) is 0 Å². The largest absolute Gasteiger partial charge is 0.461 e. The number of halogens is 6. The molecule has 0 aliphatic carbocycles. The Hall–Kier alpha value is -5.19. The third-order valence-corrected chi connectivity index (χ3v) is 11.6. The normalized spacial score (nSPS) is 21.8. The van der Waals surface area contributed by atoms with Gasteiger partial charge in [-0.05, 0) is 37.6 Å². The number of nitrogens with zero attached hydrogens (tertiary/aromatic N) is 9. The zero-order valence-corrected chi connectivity index (χ0v) is 31.2. The van der Waals surface area contributed by atoms with Crippen LogP contribution in [0.5, 0.6) is 6.01 Å². The molecule has 2 aromatic carbocycles. The SMILES string of the molecule is CC(F)(F)c1noc(/C=C/C(=O)N2CCN(c3nc(OC[C@@]45CCCN4C[C@H](F)C5)nc4c(F)c(-c5ccc(F)c6sc(N)nc56)c(Cl)cc34)CC2CC#N)n1. The molecule has 0 radical (unpaired) electrons. The lowest BCUT2D eigenvalue weighted by molar-refractivity contribution is -0.128. The Morgan fingerprint density at radius 3 is 2.79 bits per heavy atom. The number of amides is 1. The minimum atomic E-state index is -3.34. The van der Waals surface area contributed by atoms with Crippen LogP contribution in [-0.2, 0) is 10.7 Å². The van der Waals surface area contributed by atoms with Gasteiger partial charge in [-0.2, -0.15) is 29.0 Å². The summed E-state index contributed by atoms with van der Waals surface area (Å²) in [5.41, 5.74) is 5.39. The fourth-order valence-corrected chi connectivity index (χ4v) is 8.95. The highest BCUT2D eigenvalue weighted by Gasteiger charge is 2.49. The predicted molar refractivity (Wildman–Crippen MR) is 197 cm³/mol. The highest BCUT2D eigenvalue weighted by Crippen LogP contribution is 2.44. The smallest absolute Gasteiger partial charge is 0.319 e. The fourth-order valence-electron chi connectivity index (χ4n) is 7.89. The first-order valence-electron chi connectivity index (χ1n) is 17.6. The van der Waals surface area contributed by atoms with Crippen molar-refractivity contribution in [3.63, 3.8) is 0 Å². The number of fused-ring (bicyclic) bond motifs is 3. The van der Waals surface area contributed by atoms with E-state index in [-0.39, 0.29) is 99.2 Å². The summed E-state index contributed by atoms with van der Waals surface area (Å²) in [6, 6.07) is 5.23. The predicted octanol–water partition coefficient (Wildman–Crippen LogP) is 6.51. The number of benzene rings is 2. The molecule has 13 nitrogen and oxygen atoms in total. The van der Waals surface area contributed by atoms with E-state index in [2.05, 4.69) is 31.1 Å². The van der Waals surface area contributed by atoms with E-state index in [0.717, 1.165) is 36.5 Å². The molecule has 3 atom stereocenters. The lowest BCUT2D eigenvalue weighted by atomic mass is 9.95. The van der Waals surface area contributed by atoms with E-state index in [1.165, 1.54) is 23.1 Å². The van der Waals surface area contributed by atoms with Crippen molar-refractivity contribution in [1.29, 1.82) is 5.26 Å². The Morgan fingerprint density at radius 1 is 1.20 bits per heavy atom. The van der Waals surface area contributed by atoms with E-state index >= 15 is 4.39 Å². The molecule has 292 valence electrons. The van der Waals surface area contributed by atoms with Gasteiger partial charge in [0.15, 0.2) is 10.9 Å². The van der Waals surface area contributed by atoms with E-state index in [9.17, 15) is 27.6 Å². The van der Waals surface area contributed by atoms with Gasteiger partial charge in [0.1, 0.15) is 29.9 Å². The number of aromatic nitrogens is 5. The van der Waals surface area contributed by atoms with Gasteiger partial charge in [-0.25, -0.2) is 18.2 Å². The van der Waals surface area contributed by atoms with Gasteiger partial charge in [0.2, 0.25) is 11.7 Å². The highest BCUT2D eigenvalue weighted by molar-refractivity contribution is 7.22. The van der Waals surface area contributed by atoms with Crippen molar-refractivity contribution >= 4 is 67.0 Å². The Morgan fingerprint density at radius 2 is 2.02 bits per heavy atom. The maximum Gasteiger partial charge on any atom is 0.319 e. The van der Waals surface area contributed by atoms with Crippen LogP contribution < -0.4 is 15.4 Å². The topological polar surface area (TPSA) is 163 Å². The monoisotopic (exact) mass is 814 g/mol. The summed E-state index contributed by atoms with van der Waals surface area (Å²) in [7, 11) is 0. The number of anilines is 2. The fraction of sp³-hybridized carbons (Fsp3) is 0.417. The zero-order valence-electron chi connectivity index (χ0n) is 29.6.